The Bertz CT molecular complexity index is 970. The van der Waals surface area contributed by atoms with E-state index >= 15 is 0 Å². The molecular formula is C21H26N3O2+. The van der Waals surface area contributed by atoms with Gasteiger partial charge in [0.15, 0.2) is 11.3 Å². The minimum atomic E-state index is 0.193. The average molecular weight is 352 g/mol. The lowest BCUT2D eigenvalue weighted by Crippen LogP contribution is -2.27. The fourth-order valence-electron chi connectivity index (χ4n) is 3.08. The number of benzene rings is 2. The number of aromatic nitrogens is 1. The lowest BCUT2D eigenvalue weighted by Gasteiger charge is -2.21. The van der Waals surface area contributed by atoms with Crippen LogP contribution in [0.25, 0.3) is 22.6 Å². The fourth-order valence-corrected chi connectivity index (χ4v) is 3.08. The molecule has 0 atom stereocenters. The summed E-state index contributed by atoms with van der Waals surface area (Å²) in [5.41, 5.74) is 3.61. The van der Waals surface area contributed by atoms with Gasteiger partial charge in [0.1, 0.15) is 30.6 Å². The molecule has 0 fully saturated rings. The molecule has 1 aliphatic heterocycles. The number of anilines is 1. The van der Waals surface area contributed by atoms with Crippen molar-refractivity contribution >= 4 is 22.6 Å². The van der Waals surface area contributed by atoms with Crippen LogP contribution in [0.5, 0.6) is 0 Å². The highest BCUT2D eigenvalue weighted by atomic mass is 16.3. The highest BCUT2D eigenvalue weighted by molar-refractivity contribution is 5.80. The Labute approximate surface area is 153 Å². The minimum absolute atomic E-state index is 0.193. The smallest absolute Gasteiger partial charge is 0.203 e. The summed E-state index contributed by atoms with van der Waals surface area (Å²) in [6.07, 6.45) is 0.537. The molecule has 5 heteroatoms. The van der Waals surface area contributed by atoms with Crippen molar-refractivity contribution in [2.45, 2.75) is 27.2 Å². The third-order valence-corrected chi connectivity index (χ3v) is 4.72. The van der Waals surface area contributed by atoms with Gasteiger partial charge in [-0.25, -0.2) is 9.56 Å². The first-order valence-electron chi connectivity index (χ1n) is 9.15. The maximum absolute atomic E-state index is 11.2. The van der Waals surface area contributed by atoms with Gasteiger partial charge in [-0.2, -0.15) is 0 Å². The molecule has 136 valence electrons. The molecule has 3 rings (SSSR count). The highest BCUT2D eigenvalue weighted by Gasteiger charge is 2.13. The Morgan fingerprint density at radius 3 is 2.62 bits per heavy atom. The van der Waals surface area contributed by atoms with E-state index in [1.54, 1.807) is 6.92 Å². The average Bonchev–Trinajstić information content (AvgIpc) is 2.64. The predicted molar refractivity (Wildman–Crippen MR) is 106 cm³/mol. The highest BCUT2D eigenvalue weighted by Crippen LogP contribution is 2.26. The van der Waals surface area contributed by atoms with Gasteiger partial charge < -0.3 is 9.32 Å². The molecule has 0 unspecified atom stereocenters. The molecule has 2 aliphatic rings. The van der Waals surface area contributed by atoms with Crippen molar-refractivity contribution in [2.75, 3.05) is 31.6 Å². The molecule has 0 spiro atoms. The van der Waals surface area contributed by atoms with Crippen LogP contribution in [0.4, 0.5) is 5.69 Å². The van der Waals surface area contributed by atoms with Gasteiger partial charge in [0.25, 0.3) is 0 Å². The van der Waals surface area contributed by atoms with Crippen molar-refractivity contribution < 1.29 is 9.21 Å². The van der Waals surface area contributed by atoms with Crippen molar-refractivity contribution in [3.8, 4) is 11.5 Å². The molecule has 1 aromatic carbocycles. The van der Waals surface area contributed by atoms with E-state index < -0.39 is 0 Å². The van der Waals surface area contributed by atoms with Gasteiger partial charge in [0.2, 0.25) is 5.36 Å². The topological polar surface area (TPSA) is 49.4 Å². The van der Waals surface area contributed by atoms with Gasteiger partial charge in [-0.15, -0.1) is 0 Å². The summed E-state index contributed by atoms with van der Waals surface area (Å²) >= 11 is 0. The van der Waals surface area contributed by atoms with Crippen molar-refractivity contribution in [3.05, 3.63) is 41.8 Å². The molecule has 0 aromatic heterocycles. The van der Waals surface area contributed by atoms with E-state index in [2.05, 4.69) is 35.5 Å². The van der Waals surface area contributed by atoms with Gasteiger partial charge in [0, 0.05) is 30.9 Å². The summed E-state index contributed by atoms with van der Waals surface area (Å²) in [5.74, 6) is 0.945. The van der Waals surface area contributed by atoms with E-state index in [4.69, 9.17) is 9.40 Å². The Kier molecular flexibility index (Phi) is 5.35. The summed E-state index contributed by atoms with van der Waals surface area (Å²) in [5, 5.41) is 1.02. The van der Waals surface area contributed by atoms with Gasteiger partial charge in [-0.1, -0.05) is 0 Å². The second-order valence-corrected chi connectivity index (χ2v) is 6.56. The molecule has 5 nitrogen and oxygen atoms in total. The molecule has 0 radical (unpaired) electrons. The number of carbonyl (C=O) groups is 1. The third-order valence-electron chi connectivity index (χ3n) is 4.72. The lowest BCUT2D eigenvalue weighted by atomic mass is 10.2. The van der Waals surface area contributed by atoms with Crippen LogP contribution in [-0.4, -0.2) is 37.4 Å². The largest absolute Gasteiger partial charge is 0.452 e. The van der Waals surface area contributed by atoms with Crippen LogP contribution in [0.15, 0.2) is 40.8 Å². The summed E-state index contributed by atoms with van der Waals surface area (Å²) in [7, 11) is 1.98. The summed E-state index contributed by atoms with van der Waals surface area (Å²) in [6.45, 7) is 8.50. The number of carbonyl (C=O) groups excluding carboxylic acids is 1. The molecular weight excluding hydrogens is 326 g/mol. The van der Waals surface area contributed by atoms with E-state index in [-0.39, 0.29) is 5.78 Å². The first kappa shape index (κ1) is 18.1. The number of ketones is 1. The Hall–Kier alpha value is -2.69. The first-order chi connectivity index (χ1) is 12.5. The molecule has 1 aromatic rings. The molecule has 0 saturated heterocycles. The van der Waals surface area contributed by atoms with Crippen LogP contribution in [0.2, 0.25) is 0 Å². The van der Waals surface area contributed by atoms with Gasteiger partial charge in [0.05, 0.1) is 12.5 Å². The quantitative estimate of drug-likeness (QED) is 0.505. The molecule has 26 heavy (non-hydrogen) atoms. The Balaban J connectivity index is 2.08. The van der Waals surface area contributed by atoms with Crippen molar-refractivity contribution in [3.63, 3.8) is 0 Å². The number of hydrogen-bond acceptors (Lipinski definition) is 4. The second-order valence-electron chi connectivity index (χ2n) is 6.56. The maximum atomic E-state index is 11.2. The number of fused-ring (bicyclic) bond motifs is 2. The zero-order valence-electron chi connectivity index (χ0n) is 16.0. The zero-order valence-corrected chi connectivity index (χ0v) is 16.0. The summed E-state index contributed by atoms with van der Waals surface area (Å²) in [4.78, 5) is 18.2. The van der Waals surface area contributed by atoms with Crippen LogP contribution in [0.3, 0.4) is 0 Å². The number of hydrogen-bond donors (Lipinski definition) is 0. The van der Waals surface area contributed by atoms with E-state index in [1.165, 1.54) is 0 Å². The van der Waals surface area contributed by atoms with E-state index in [0.29, 0.717) is 13.0 Å². The van der Waals surface area contributed by atoms with Crippen molar-refractivity contribution in [2.24, 2.45) is 0 Å². The van der Waals surface area contributed by atoms with Crippen LogP contribution in [0.1, 0.15) is 27.2 Å². The van der Waals surface area contributed by atoms with E-state index in [9.17, 15) is 4.79 Å². The first-order valence-corrected chi connectivity index (χ1v) is 9.15. The van der Waals surface area contributed by atoms with Crippen LogP contribution in [-0.2, 0) is 4.79 Å². The number of rotatable bonds is 6. The van der Waals surface area contributed by atoms with Crippen molar-refractivity contribution in [1.29, 1.82) is 0 Å². The lowest BCUT2D eigenvalue weighted by molar-refractivity contribution is -0.116. The fraction of sp³-hybridized carbons (Fsp3) is 0.381. The van der Waals surface area contributed by atoms with E-state index in [1.807, 2.05) is 31.3 Å². The Morgan fingerprint density at radius 2 is 1.92 bits per heavy atom. The molecule has 1 heterocycles. The van der Waals surface area contributed by atoms with Gasteiger partial charge in [-0.05, 0) is 39.0 Å². The molecule has 0 amide bonds. The maximum Gasteiger partial charge on any atom is 0.203 e. The van der Waals surface area contributed by atoms with Crippen LogP contribution < -0.4 is 14.8 Å². The number of nitrogens with zero attached hydrogens (tertiary/aromatic N) is 3. The zero-order chi connectivity index (χ0) is 18.7. The van der Waals surface area contributed by atoms with Crippen LogP contribution >= 0.6 is 0 Å². The number of Topliss-reactive ketones (excluding diaryl/α,β-unsaturated/α-hetero) is 1. The SMILES string of the molecule is CCN(CC)c1ccc2nc3ccc(=[N+](C)CCC(C)=O)cc-3oc2c1. The summed E-state index contributed by atoms with van der Waals surface area (Å²) in [6, 6.07) is 12.1. The van der Waals surface area contributed by atoms with Gasteiger partial charge >= 0.3 is 0 Å². The van der Waals surface area contributed by atoms with Gasteiger partial charge in [-0.3, -0.25) is 4.79 Å². The molecule has 0 N–H and O–H groups in total. The minimum Gasteiger partial charge on any atom is -0.452 e. The monoisotopic (exact) mass is 352 g/mol. The molecule has 1 aliphatic carbocycles. The van der Waals surface area contributed by atoms with E-state index in [0.717, 1.165) is 46.7 Å². The Morgan fingerprint density at radius 1 is 1.15 bits per heavy atom. The normalized spacial score (nSPS) is 12.5. The molecule has 0 saturated carbocycles. The molecule has 0 bridgehead atoms. The predicted octanol–water partition coefficient (Wildman–Crippen LogP) is 3.16. The third kappa shape index (κ3) is 3.77. The standard InChI is InChI=1S/C21H26N3O2/c1-5-24(6-2)17-8-10-19-21(14-17)26-20-13-16(7-9-18(20)22-19)23(4)12-11-15(3)25/h7-10,13-14H,5-6,11-12H2,1-4H3/q+1. The summed E-state index contributed by atoms with van der Waals surface area (Å²) < 4.78 is 8.22. The van der Waals surface area contributed by atoms with Crippen LogP contribution in [0, 0.1) is 0 Å². The second kappa shape index (κ2) is 7.68. The van der Waals surface area contributed by atoms with Crippen molar-refractivity contribution in [1.82, 2.24) is 9.56 Å².